The zero-order valence-corrected chi connectivity index (χ0v) is 14.6. The lowest BCUT2D eigenvalue weighted by Gasteiger charge is -2.09. The molecule has 0 aliphatic rings. The minimum absolute atomic E-state index is 0.511. The van der Waals surface area contributed by atoms with Crippen molar-refractivity contribution in [2.24, 2.45) is 5.92 Å². The van der Waals surface area contributed by atoms with Crippen LogP contribution < -0.4 is 14.0 Å². The quantitative estimate of drug-likeness (QED) is 0.665. The second-order valence-electron chi connectivity index (χ2n) is 6.18. The van der Waals surface area contributed by atoms with Crippen molar-refractivity contribution in [3.05, 3.63) is 54.4 Å². The molecule has 0 amide bonds. The summed E-state index contributed by atoms with van der Waals surface area (Å²) in [6.45, 7) is 6.01. The highest BCUT2D eigenvalue weighted by atomic mass is 16.5. The summed E-state index contributed by atoms with van der Waals surface area (Å²) in [5.41, 5.74) is 2.38. The van der Waals surface area contributed by atoms with Crippen LogP contribution in [0, 0.1) is 5.92 Å². The second-order valence-corrected chi connectivity index (χ2v) is 6.18. The maximum Gasteiger partial charge on any atom is 0.293 e. The summed E-state index contributed by atoms with van der Waals surface area (Å²) in [6, 6.07) is 16.1. The summed E-state index contributed by atoms with van der Waals surface area (Å²) in [5.74, 6) is 3.38. The van der Waals surface area contributed by atoms with Crippen LogP contribution in [0.1, 0.15) is 26.1 Å². The zero-order valence-electron chi connectivity index (χ0n) is 14.6. The van der Waals surface area contributed by atoms with E-state index in [0.717, 1.165) is 35.8 Å². The molecule has 3 rings (SSSR count). The van der Waals surface area contributed by atoms with E-state index in [1.165, 1.54) is 5.52 Å². The van der Waals surface area contributed by atoms with Gasteiger partial charge < -0.3 is 9.47 Å². The van der Waals surface area contributed by atoms with Crippen LogP contribution in [-0.4, -0.2) is 12.1 Å². The first-order valence-corrected chi connectivity index (χ1v) is 8.47. The van der Waals surface area contributed by atoms with Crippen molar-refractivity contribution in [1.29, 1.82) is 0 Å². The Hall–Kier alpha value is -2.49. The van der Waals surface area contributed by atoms with Crippen LogP contribution in [0.2, 0.25) is 0 Å². The Kier molecular flexibility index (Phi) is 5.04. The van der Waals surface area contributed by atoms with Crippen LogP contribution in [0.15, 0.2) is 48.5 Å². The summed E-state index contributed by atoms with van der Waals surface area (Å²) >= 11 is 0. The Bertz CT molecular complexity index is 793. The third-order valence-corrected chi connectivity index (χ3v) is 4.43. The number of fused-ring (bicyclic) bond motifs is 1. The molecule has 126 valence electrons. The van der Waals surface area contributed by atoms with Crippen LogP contribution >= 0.6 is 0 Å². The number of nitrogens with zero attached hydrogens (tertiary/aromatic N) is 1. The minimum atomic E-state index is 0.511. The zero-order chi connectivity index (χ0) is 16.9. The standard InChI is InChI=1S/C20H24N2O2/c1-4-15(2)13-22-19-8-6-5-7-18(19)21-20(22)14-24-17-11-9-16(23-3)10-12-17/h5-12,15H,4,13-14H2,1-3H3/p+1. The first-order chi connectivity index (χ1) is 11.7. The van der Waals surface area contributed by atoms with Gasteiger partial charge in [0.1, 0.15) is 11.5 Å². The lowest BCUT2D eigenvalue weighted by molar-refractivity contribution is -0.686. The third-order valence-electron chi connectivity index (χ3n) is 4.43. The number of hydrogen-bond acceptors (Lipinski definition) is 2. The highest BCUT2D eigenvalue weighted by Gasteiger charge is 2.20. The molecule has 1 aromatic heterocycles. The summed E-state index contributed by atoms with van der Waals surface area (Å²) in [4.78, 5) is 3.50. The Morgan fingerprint density at radius 1 is 1.04 bits per heavy atom. The number of aromatic amines is 1. The summed E-state index contributed by atoms with van der Waals surface area (Å²) in [5, 5.41) is 0. The molecule has 0 radical (unpaired) electrons. The number of H-pyrrole nitrogens is 1. The molecule has 4 nitrogen and oxygen atoms in total. The van der Waals surface area contributed by atoms with E-state index in [-0.39, 0.29) is 0 Å². The molecule has 1 N–H and O–H groups in total. The van der Waals surface area contributed by atoms with Crippen molar-refractivity contribution in [2.45, 2.75) is 33.4 Å². The largest absolute Gasteiger partial charge is 0.497 e. The topological polar surface area (TPSA) is 38.1 Å². The van der Waals surface area contributed by atoms with Gasteiger partial charge in [-0.3, -0.25) is 0 Å². The Balaban J connectivity index is 1.83. The van der Waals surface area contributed by atoms with Crippen molar-refractivity contribution in [3.63, 3.8) is 0 Å². The van der Waals surface area contributed by atoms with Crippen molar-refractivity contribution < 1.29 is 14.0 Å². The molecule has 4 heteroatoms. The molecule has 1 heterocycles. The highest BCUT2D eigenvalue weighted by molar-refractivity contribution is 5.71. The van der Waals surface area contributed by atoms with E-state index in [9.17, 15) is 0 Å². The molecular formula is C20H25N2O2+. The van der Waals surface area contributed by atoms with Gasteiger partial charge in [0.25, 0.3) is 5.82 Å². The second kappa shape index (κ2) is 7.39. The van der Waals surface area contributed by atoms with Crippen molar-refractivity contribution in [3.8, 4) is 11.5 Å². The average Bonchev–Trinajstić information content (AvgIpc) is 2.98. The number of nitrogens with one attached hydrogen (secondary N) is 1. The number of aromatic nitrogens is 2. The van der Waals surface area contributed by atoms with Gasteiger partial charge in [0.05, 0.1) is 13.7 Å². The lowest BCUT2D eigenvalue weighted by Crippen LogP contribution is -2.40. The first-order valence-electron chi connectivity index (χ1n) is 8.47. The van der Waals surface area contributed by atoms with Crippen LogP contribution in [0.25, 0.3) is 11.0 Å². The van der Waals surface area contributed by atoms with Crippen LogP contribution in [0.3, 0.4) is 0 Å². The summed E-state index contributed by atoms with van der Waals surface area (Å²) < 4.78 is 13.5. The molecule has 24 heavy (non-hydrogen) atoms. The Labute approximate surface area is 143 Å². The van der Waals surface area contributed by atoms with Gasteiger partial charge in [0, 0.05) is 0 Å². The summed E-state index contributed by atoms with van der Waals surface area (Å²) in [6.07, 6.45) is 1.16. The smallest absolute Gasteiger partial charge is 0.293 e. The van der Waals surface area contributed by atoms with E-state index in [0.29, 0.717) is 12.5 Å². The number of methoxy groups -OCH3 is 1. The van der Waals surface area contributed by atoms with Gasteiger partial charge in [0.15, 0.2) is 17.6 Å². The van der Waals surface area contributed by atoms with E-state index in [1.807, 2.05) is 24.3 Å². The number of ether oxygens (including phenoxy) is 2. The fraction of sp³-hybridized carbons (Fsp3) is 0.350. The maximum absolute atomic E-state index is 5.97. The van der Waals surface area contributed by atoms with Crippen molar-refractivity contribution in [1.82, 2.24) is 4.98 Å². The SMILES string of the molecule is CCC(C)C[n+]1c(COc2ccc(OC)cc2)[nH]c2ccccc21. The molecule has 0 aliphatic carbocycles. The molecule has 0 saturated carbocycles. The molecule has 0 saturated heterocycles. The van der Waals surface area contributed by atoms with Gasteiger partial charge in [-0.25, -0.2) is 9.55 Å². The van der Waals surface area contributed by atoms with Crippen LogP contribution in [-0.2, 0) is 13.2 Å². The molecule has 1 atom stereocenters. The summed E-state index contributed by atoms with van der Waals surface area (Å²) in [7, 11) is 1.66. The van der Waals surface area contributed by atoms with E-state index in [4.69, 9.17) is 9.47 Å². The van der Waals surface area contributed by atoms with E-state index >= 15 is 0 Å². The van der Waals surface area contributed by atoms with E-state index < -0.39 is 0 Å². The average molecular weight is 325 g/mol. The number of para-hydroxylation sites is 2. The molecule has 0 aliphatic heterocycles. The molecule has 0 fully saturated rings. The number of hydrogen-bond donors (Lipinski definition) is 1. The van der Waals surface area contributed by atoms with Crippen molar-refractivity contribution >= 4 is 11.0 Å². The van der Waals surface area contributed by atoms with Crippen LogP contribution in [0.5, 0.6) is 11.5 Å². The predicted molar refractivity (Wildman–Crippen MR) is 95.3 cm³/mol. The molecule has 1 unspecified atom stereocenters. The molecule has 3 aromatic rings. The van der Waals surface area contributed by atoms with Crippen LogP contribution in [0.4, 0.5) is 0 Å². The Morgan fingerprint density at radius 3 is 2.46 bits per heavy atom. The number of benzene rings is 2. The van der Waals surface area contributed by atoms with Gasteiger partial charge in [0.2, 0.25) is 0 Å². The highest BCUT2D eigenvalue weighted by Crippen LogP contribution is 2.18. The van der Waals surface area contributed by atoms with E-state index in [1.54, 1.807) is 7.11 Å². The van der Waals surface area contributed by atoms with Gasteiger partial charge in [-0.15, -0.1) is 0 Å². The molecule has 0 bridgehead atoms. The first kappa shape index (κ1) is 16.4. The normalized spacial score (nSPS) is 12.3. The van der Waals surface area contributed by atoms with Gasteiger partial charge in [-0.05, 0) is 48.7 Å². The Morgan fingerprint density at radius 2 is 1.75 bits per heavy atom. The van der Waals surface area contributed by atoms with Gasteiger partial charge in [-0.1, -0.05) is 26.0 Å². The minimum Gasteiger partial charge on any atom is -0.497 e. The lowest BCUT2D eigenvalue weighted by atomic mass is 10.1. The van der Waals surface area contributed by atoms with Gasteiger partial charge in [-0.2, -0.15) is 0 Å². The maximum atomic E-state index is 5.97. The number of imidazole rings is 1. The van der Waals surface area contributed by atoms with Crippen molar-refractivity contribution in [2.75, 3.05) is 7.11 Å². The third kappa shape index (κ3) is 3.53. The fourth-order valence-corrected chi connectivity index (χ4v) is 2.77. The monoisotopic (exact) mass is 325 g/mol. The van der Waals surface area contributed by atoms with Gasteiger partial charge >= 0.3 is 0 Å². The van der Waals surface area contributed by atoms with E-state index in [2.05, 4.69) is 47.7 Å². The predicted octanol–water partition coefficient (Wildman–Crippen LogP) is 4.09. The molecule has 2 aromatic carbocycles. The number of rotatable bonds is 7. The fourth-order valence-electron chi connectivity index (χ4n) is 2.77. The molecule has 0 spiro atoms. The molecular weight excluding hydrogens is 300 g/mol.